The number of carbonyl (C=O) groups is 1. The lowest BCUT2D eigenvalue weighted by Gasteiger charge is -2.13. The Morgan fingerprint density at radius 2 is 2.06 bits per heavy atom. The Morgan fingerprint density at radius 3 is 2.59 bits per heavy atom. The molecule has 0 aromatic heterocycles. The zero-order chi connectivity index (χ0) is 12.5. The molecule has 17 heavy (non-hydrogen) atoms. The van der Waals surface area contributed by atoms with E-state index in [1.807, 2.05) is 0 Å². The van der Waals surface area contributed by atoms with E-state index in [1.54, 1.807) is 7.05 Å². The minimum atomic E-state index is -1.59. The van der Waals surface area contributed by atoms with Gasteiger partial charge in [-0.3, -0.25) is 4.79 Å². The highest BCUT2D eigenvalue weighted by Gasteiger charge is 2.42. The summed E-state index contributed by atoms with van der Waals surface area (Å²) in [6, 6.07) is 5.59. The number of rotatable bonds is 0. The number of halogens is 1. The molecule has 1 heterocycles. The third kappa shape index (κ3) is 2.29. The van der Waals surface area contributed by atoms with E-state index in [0.717, 1.165) is 0 Å². The van der Waals surface area contributed by atoms with Crippen LogP contribution >= 0.6 is 0 Å². The highest BCUT2D eigenvalue weighted by Crippen LogP contribution is 2.20. The monoisotopic (exact) mass is 233 g/mol. The zero-order valence-electron chi connectivity index (χ0n) is 9.40. The molecule has 0 saturated carbocycles. The maximum absolute atomic E-state index is 12.7. The Bertz CT molecular complexity index is 500. The number of amides is 1. The highest BCUT2D eigenvalue weighted by atomic mass is 19.1. The minimum Gasteiger partial charge on any atom is -0.369 e. The highest BCUT2D eigenvalue weighted by molar-refractivity contribution is 5.90. The molecule has 0 unspecified atom stereocenters. The van der Waals surface area contributed by atoms with Crippen LogP contribution in [0, 0.1) is 17.7 Å². The van der Waals surface area contributed by atoms with E-state index < -0.39 is 5.60 Å². The Labute approximate surface area is 98.9 Å². The molecule has 0 bridgehead atoms. The first kappa shape index (κ1) is 11.6. The molecule has 1 N–H and O–H groups in total. The molecule has 1 amide bonds. The van der Waals surface area contributed by atoms with Crippen LogP contribution in [-0.2, 0) is 4.79 Å². The maximum Gasteiger partial charge on any atom is 0.267 e. The lowest BCUT2D eigenvalue weighted by molar-refractivity contribution is -0.137. The summed E-state index contributed by atoms with van der Waals surface area (Å²) in [4.78, 5) is 13.1. The van der Waals surface area contributed by atoms with Gasteiger partial charge in [0.05, 0.1) is 0 Å². The van der Waals surface area contributed by atoms with Crippen LogP contribution in [0.5, 0.6) is 0 Å². The second kappa shape index (κ2) is 4.19. The number of likely N-dealkylation sites (tertiary alicyclic amines) is 1. The summed E-state index contributed by atoms with van der Waals surface area (Å²) in [5.74, 6) is 4.53. The lowest BCUT2D eigenvalue weighted by Crippen LogP contribution is -2.37. The summed E-state index contributed by atoms with van der Waals surface area (Å²) in [7, 11) is 1.62. The number of hydrogen-bond acceptors (Lipinski definition) is 2. The average molecular weight is 233 g/mol. The molecule has 0 spiro atoms. The van der Waals surface area contributed by atoms with Crippen molar-refractivity contribution in [2.24, 2.45) is 0 Å². The van der Waals surface area contributed by atoms with Crippen LogP contribution in [0.1, 0.15) is 12.0 Å². The van der Waals surface area contributed by atoms with E-state index in [1.165, 1.54) is 29.2 Å². The van der Waals surface area contributed by atoms with Crippen molar-refractivity contribution in [3.05, 3.63) is 35.6 Å². The summed E-state index contributed by atoms with van der Waals surface area (Å²) in [6.45, 7) is 0.493. The van der Waals surface area contributed by atoms with Gasteiger partial charge in [-0.1, -0.05) is 11.8 Å². The quantitative estimate of drug-likeness (QED) is 0.672. The number of hydrogen-bond donors (Lipinski definition) is 1. The molecule has 3 nitrogen and oxygen atoms in total. The van der Waals surface area contributed by atoms with Gasteiger partial charge in [-0.25, -0.2) is 4.39 Å². The van der Waals surface area contributed by atoms with E-state index in [0.29, 0.717) is 18.5 Å². The topological polar surface area (TPSA) is 40.5 Å². The summed E-state index contributed by atoms with van der Waals surface area (Å²) in [5.41, 5.74) is -1.02. The number of likely N-dealkylation sites (N-methyl/N-ethyl adjacent to an activating group) is 1. The fourth-order valence-corrected chi connectivity index (χ4v) is 1.68. The van der Waals surface area contributed by atoms with Crippen LogP contribution in [0.4, 0.5) is 4.39 Å². The van der Waals surface area contributed by atoms with Crippen molar-refractivity contribution >= 4 is 5.91 Å². The summed E-state index contributed by atoms with van der Waals surface area (Å²) >= 11 is 0. The van der Waals surface area contributed by atoms with Crippen molar-refractivity contribution < 1.29 is 14.3 Å². The number of benzene rings is 1. The molecular formula is C13H12FNO2. The smallest absolute Gasteiger partial charge is 0.267 e. The van der Waals surface area contributed by atoms with Gasteiger partial charge in [-0.2, -0.15) is 0 Å². The Balaban J connectivity index is 2.22. The third-order valence-corrected chi connectivity index (χ3v) is 2.77. The van der Waals surface area contributed by atoms with E-state index in [9.17, 15) is 14.3 Å². The zero-order valence-corrected chi connectivity index (χ0v) is 9.40. The largest absolute Gasteiger partial charge is 0.369 e. The molecule has 1 atom stereocenters. The number of aliphatic hydroxyl groups is 1. The Hall–Kier alpha value is -1.86. The van der Waals surface area contributed by atoms with Crippen LogP contribution in [-0.4, -0.2) is 35.1 Å². The Kier molecular flexibility index (Phi) is 2.86. The average Bonchev–Trinajstić information content (AvgIpc) is 2.58. The molecule has 1 saturated heterocycles. The van der Waals surface area contributed by atoms with Crippen LogP contribution in [0.3, 0.4) is 0 Å². The van der Waals surface area contributed by atoms with E-state index in [-0.39, 0.29) is 11.7 Å². The molecule has 1 aliphatic rings. The van der Waals surface area contributed by atoms with Gasteiger partial charge in [-0.05, 0) is 24.3 Å². The van der Waals surface area contributed by atoms with Gasteiger partial charge in [0, 0.05) is 25.6 Å². The van der Waals surface area contributed by atoms with Crippen LogP contribution < -0.4 is 0 Å². The van der Waals surface area contributed by atoms with Gasteiger partial charge < -0.3 is 10.0 Å². The van der Waals surface area contributed by atoms with Gasteiger partial charge >= 0.3 is 0 Å². The molecule has 1 fully saturated rings. The first-order valence-corrected chi connectivity index (χ1v) is 5.28. The third-order valence-electron chi connectivity index (χ3n) is 2.77. The van der Waals surface area contributed by atoms with Crippen molar-refractivity contribution in [1.29, 1.82) is 0 Å². The lowest BCUT2D eigenvalue weighted by atomic mass is 10.0. The van der Waals surface area contributed by atoms with E-state index in [4.69, 9.17) is 0 Å². The van der Waals surface area contributed by atoms with Gasteiger partial charge in [-0.15, -0.1) is 0 Å². The fraction of sp³-hybridized carbons (Fsp3) is 0.308. The van der Waals surface area contributed by atoms with E-state index >= 15 is 0 Å². The van der Waals surface area contributed by atoms with Gasteiger partial charge in [0.1, 0.15) is 5.82 Å². The fourth-order valence-electron chi connectivity index (χ4n) is 1.68. The van der Waals surface area contributed by atoms with Crippen molar-refractivity contribution in [3.8, 4) is 11.8 Å². The first-order valence-electron chi connectivity index (χ1n) is 5.28. The summed E-state index contributed by atoms with van der Waals surface area (Å²) in [6.07, 6.45) is 0.302. The van der Waals surface area contributed by atoms with Crippen molar-refractivity contribution in [2.45, 2.75) is 12.0 Å². The van der Waals surface area contributed by atoms with Crippen LogP contribution in [0.25, 0.3) is 0 Å². The molecule has 1 aromatic carbocycles. The standard InChI is InChI=1S/C13H12FNO2/c1-15-9-8-13(17,12(15)16)7-6-10-2-4-11(14)5-3-10/h2-5,17H,8-9H2,1H3/t13-/m0/s1. The predicted molar refractivity (Wildman–Crippen MR) is 60.5 cm³/mol. The molecule has 88 valence electrons. The van der Waals surface area contributed by atoms with Crippen LogP contribution in [0.15, 0.2) is 24.3 Å². The van der Waals surface area contributed by atoms with Crippen molar-refractivity contribution in [2.75, 3.05) is 13.6 Å². The first-order chi connectivity index (χ1) is 8.01. The number of carbonyl (C=O) groups excluding carboxylic acids is 1. The maximum atomic E-state index is 12.7. The molecular weight excluding hydrogens is 221 g/mol. The molecule has 0 aliphatic carbocycles. The second-order valence-electron chi connectivity index (χ2n) is 4.09. The molecule has 2 rings (SSSR count). The minimum absolute atomic E-state index is 0.302. The predicted octanol–water partition coefficient (Wildman–Crippen LogP) is 0.770. The molecule has 1 aliphatic heterocycles. The second-order valence-corrected chi connectivity index (χ2v) is 4.09. The van der Waals surface area contributed by atoms with Gasteiger partial charge in [0.2, 0.25) is 5.60 Å². The number of nitrogens with zero attached hydrogens (tertiary/aromatic N) is 1. The van der Waals surface area contributed by atoms with Crippen molar-refractivity contribution in [3.63, 3.8) is 0 Å². The van der Waals surface area contributed by atoms with E-state index in [2.05, 4.69) is 11.8 Å². The summed E-state index contributed by atoms with van der Waals surface area (Å²) < 4.78 is 12.7. The Morgan fingerprint density at radius 1 is 1.41 bits per heavy atom. The molecule has 1 aromatic rings. The van der Waals surface area contributed by atoms with Gasteiger partial charge in [0.25, 0.3) is 5.91 Å². The molecule has 4 heteroatoms. The normalized spacial score (nSPS) is 23.5. The van der Waals surface area contributed by atoms with Crippen LogP contribution in [0.2, 0.25) is 0 Å². The summed E-state index contributed by atoms with van der Waals surface area (Å²) in [5, 5.41) is 10.0. The van der Waals surface area contributed by atoms with Crippen molar-refractivity contribution in [1.82, 2.24) is 4.90 Å². The van der Waals surface area contributed by atoms with Gasteiger partial charge in [0.15, 0.2) is 0 Å². The molecule has 0 radical (unpaired) electrons. The SMILES string of the molecule is CN1CC[C@@](O)(C#Cc2ccc(F)cc2)C1=O.